The standard InChI is InChI=1S/C11H10F3NO2S/c12-11(13,14)8-2-6(4-15)1-7(3-8)10(17)9(16)5-18/h1-3,9-10,16-18H,5H2. The third kappa shape index (κ3) is 3.38. The van der Waals surface area contributed by atoms with Crippen LogP contribution in [0.1, 0.15) is 22.8 Å². The molecule has 0 heterocycles. The highest BCUT2D eigenvalue weighted by molar-refractivity contribution is 7.80. The quantitative estimate of drug-likeness (QED) is 0.739. The molecule has 0 fully saturated rings. The molecule has 0 bridgehead atoms. The monoisotopic (exact) mass is 277 g/mol. The van der Waals surface area contributed by atoms with Crippen LogP contribution in [0.3, 0.4) is 0 Å². The van der Waals surface area contributed by atoms with Crippen molar-refractivity contribution in [3.63, 3.8) is 0 Å². The number of aliphatic hydroxyl groups excluding tert-OH is 2. The highest BCUT2D eigenvalue weighted by Crippen LogP contribution is 2.32. The van der Waals surface area contributed by atoms with Gasteiger partial charge < -0.3 is 10.2 Å². The van der Waals surface area contributed by atoms with Crippen molar-refractivity contribution in [2.75, 3.05) is 5.75 Å². The maximum absolute atomic E-state index is 12.6. The predicted octanol–water partition coefficient (Wildman–Crippen LogP) is 1.90. The van der Waals surface area contributed by atoms with Crippen molar-refractivity contribution in [2.45, 2.75) is 18.4 Å². The van der Waals surface area contributed by atoms with Crippen molar-refractivity contribution in [1.29, 1.82) is 5.26 Å². The van der Waals surface area contributed by atoms with Gasteiger partial charge in [-0.3, -0.25) is 0 Å². The SMILES string of the molecule is N#Cc1cc(C(O)C(O)CS)cc(C(F)(F)F)c1. The average molecular weight is 277 g/mol. The molecule has 2 unspecified atom stereocenters. The highest BCUT2D eigenvalue weighted by atomic mass is 32.1. The highest BCUT2D eigenvalue weighted by Gasteiger charge is 2.32. The van der Waals surface area contributed by atoms with Gasteiger partial charge in [0, 0.05) is 5.75 Å². The molecular formula is C11H10F3NO2S. The zero-order valence-electron chi connectivity index (χ0n) is 9.02. The van der Waals surface area contributed by atoms with Gasteiger partial charge in [-0.05, 0) is 23.8 Å². The van der Waals surface area contributed by atoms with Crippen LogP contribution in [0.2, 0.25) is 0 Å². The molecule has 0 saturated carbocycles. The largest absolute Gasteiger partial charge is 0.416 e. The first-order chi connectivity index (χ1) is 8.29. The minimum Gasteiger partial charge on any atom is -0.389 e. The van der Waals surface area contributed by atoms with E-state index >= 15 is 0 Å². The molecule has 2 atom stereocenters. The smallest absolute Gasteiger partial charge is 0.389 e. The minimum atomic E-state index is -4.62. The first-order valence-corrected chi connectivity index (χ1v) is 5.52. The summed E-state index contributed by atoms with van der Waals surface area (Å²) in [4.78, 5) is 0. The summed E-state index contributed by atoms with van der Waals surface area (Å²) in [7, 11) is 0. The summed E-state index contributed by atoms with van der Waals surface area (Å²) in [5.41, 5.74) is -1.44. The maximum atomic E-state index is 12.6. The number of halogens is 3. The van der Waals surface area contributed by atoms with E-state index in [1.54, 1.807) is 6.07 Å². The van der Waals surface area contributed by atoms with Crippen molar-refractivity contribution in [1.82, 2.24) is 0 Å². The molecule has 7 heteroatoms. The second-order valence-electron chi connectivity index (χ2n) is 3.65. The number of nitrogens with zero attached hydrogens (tertiary/aromatic N) is 1. The molecular weight excluding hydrogens is 267 g/mol. The first-order valence-electron chi connectivity index (χ1n) is 4.89. The molecule has 0 radical (unpaired) electrons. The van der Waals surface area contributed by atoms with Crippen LogP contribution in [0.4, 0.5) is 13.2 Å². The van der Waals surface area contributed by atoms with E-state index in [0.717, 1.165) is 6.07 Å². The van der Waals surface area contributed by atoms with Gasteiger partial charge in [0.15, 0.2) is 0 Å². The molecule has 0 spiro atoms. The molecule has 18 heavy (non-hydrogen) atoms. The molecule has 1 aromatic rings. The molecule has 2 N–H and O–H groups in total. The number of nitriles is 1. The van der Waals surface area contributed by atoms with Crippen LogP contribution in [-0.4, -0.2) is 22.1 Å². The lowest BCUT2D eigenvalue weighted by Gasteiger charge is -2.18. The van der Waals surface area contributed by atoms with Gasteiger partial charge in [0.25, 0.3) is 0 Å². The van der Waals surface area contributed by atoms with Crippen LogP contribution in [0.15, 0.2) is 18.2 Å². The molecule has 0 aromatic heterocycles. The number of hydrogen-bond donors (Lipinski definition) is 3. The second kappa shape index (κ2) is 5.61. The van der Waals surface area contributed by atoms with Crippen molar-refractivity contribution in [2.24, 2.45) is 0 Å². The van der Waals surface area contributed by atoms with Gasteiger partial charge in [0.05, 0.1) is 23.3 Å². The Morgan fingerprint density at radius 1 is 1.28 bits per heavy atom. The lowest BCUT2D eigenvalue weighted by atomic mass is 9.99. The van der Waals surface area contributed by atoms with Crippen LogP contribution in [0.5, 0.6) is 0 Å². The second-order valence-corrected chi connectivity index (χ2v) is 4.01. The van der Waals surface area contributed by atoms with Crippen molar-refractivity contribution in [3.05, 3.63) is 34.9 Å². The van der Waals surface area contributed by atoms with Gasteiger partial charge in [-0.1, -0.05) is 0 Å². The topological polar surface area (TPSA) is 64.2 Å². The first kappa shape index (κ1) is 14.8. The molecule has 0 aliphatic rings. The van der Waals surface area contributed by atoms with E-state index in [-0.39, 0.29) is 16.9 Å². The van der Waals surface area contributed by atoms with Crippen LogP contribution < -0.4 is 0 Å². The van der Waals surface area contributed by atoms with Gasteiger partial charge in [-0.2, -0.15) is 31.1 Å². The fourth-order valence-electron chi connectivity index (χ4n) is 1.37. The van der Waals surface area contributed by atoms with Crippen molar-refractivity contribution < 1.29 is 23.4 Å². The Kier molecular flexibility index (Phi) is 4.62. The number of alkyl halides is 3. The van der Waals surface area contributed by atoms with E-state index in [4.69, 9.17) is 5.26 Å². The third-order valence-electron chi connectivity index (χ3n) is 2.30. The Labute approximate surface area is 107 Å². The van der Waals surface area contributed by atoms with Crippen LogP contribution in [0, 0.1) is 11.3 Å². The van der Waals surface area contributed by atoms with E-state index in [0.29, 0.717) is 12.1 Å². The number of aliphatic hydroxyl groups is 2. The van der Waals surface area contributed by atoms with E-state index < -0.39 is 23.9 Å². The molecule has 0 amide bonds. The van der Waals surface area contributed by atoms with E-state index in [2.05, 4.69) is 12.6 Å². The normalized spacial score (nSPS) is 14.9. The lowest BCUT2D eigenvalue weighted by molar-refractivity contribution is -0.137. The number of benzene rings is 1. The molecule has 98 valence electrons. The Hall–Kier alpha value is -1.23. The summed E-state index contributed by atoms with van der Waals surface area (Å²) in [6.45, 7) is 0. The summed E-state index contributed by atoms with van der Waals surface area (Å²) in [5.74, 6) is -0.112. The Balaban J connectivity index is 3.25. The molecule has 1 aromatic carbocycles. The van der Waals surface area contributed by atoms with Crippen LogP contribution in [-0.2, 0) is 6.18 Å². The van der Waals surface area contributed by atoms with E-state index in [1.165, 1.54) is 0 Å². The van der Waals surface area contributed by atoms with Crippen LogP contribution in [0.25, 0.3) is 0 Å². The summed E-state index contributed by atoms with van der Waals surface area (Å²) in [6, 6.07) is 4.07. The van der Waals surface area contributed by atoms with Crippen molar-refractivity contribution >= 4 is 12.6 Å². The van der Waals surface area contributed by atoms with Crippen LogP contribution >= 0.6 is 12.6 Å². The van der Waals surface area contributed by atoms with Gasteiger partial charge in [0.1, 0.15) is 6.10 Å². The number of hydrogen-bond acceptors (Lipinski definition) is 4. The molecule has 0 saturated heterocycles. The van der Waals surface area contributed by atoms with Gasteiger partial charge in [-0.15, -0.1) is 0 Å². The Morgan fingerprint density at radius 3 is 2.33 bits per heavy atom. The summed E-state index contributed by atoms with van der Waals surface area (Å²) >= 11 is 3.74. The lowest BCUT2D eigenvalue weighted by Crippen LogP contribution is -2.20. The zero-order chi connectivity index (χ0) is 13.9. The summed E-state index contributed by atoms with van der Waals surface area (Å²) in [5, 5.41) is 27.6. The maximum Gasteiger partial charge on any atom is 0.416 e. The number of thiol groups is 1. The van der Waals surface area contributed by atoms with E-state index in [1.807, 2.05) is 0 Å². The fraction of sp³-hybridized carbons (Fsp3) is 0.364. The molecule has 3 nitrogen and oxygen atoms in total. The summed E-state index contributed by atoms with van der Waals surface area (Å²) < 4.78 is 37.7. The third-order valence-corrected chi connectivity index (χ3v) is 2.68. The Morgan fingerprint density at radius 2 is 1.89 bits per heavy atom. The average Bonchev–Trinajstić information content (AvgIpc) is 2.35. The molecule has 0 aliphatic carbocycles. The number of rotatable bonds is 3. The van der Waals surface area contributed by atoms with Gasteiger partial charge >= 0.3 is 6.18 Å². The van der Waals surface area contributed by atoms with E-state index in [9.17, 15) is 23.4 Å². The summed E-state index contributed by atoms with van der Waals surface area (Å²) in [6.07, 6.45) is -7.44. The minimum absolute atomic E-state index is 0.112. The fourth-order valence-corrected chi connectivity index (χ4v) is 1.57. The zero-order valence-corrected chi connectivity index (χ0v) is 9.91. The van der Waals surface area contributed by atoms with Gasteiger partial charge in [-0.25, -0.2) is 0 Å². The van der Waals surface area contributed by atoms with Gasteiger partial charge in [0.2, 0.25) is 0 Å². The van der Waals surface area contributed by atoms with Crippen molar-refractivity contribution in [3.8, 4) is 6.07 Å². The Bertz CT molecular complexity index is 470. The molecule has 1 rings (SSSR count). The molecule has 0 aliphatic heterocycles. The predicted molar refractivity (Wildman–Crippen MR) is 61.0 cm³/mol.